The van der Waals surface area contributed by atoms with Crippen molar-refractivity contribution in [3.63, 3.8) is 0 Å². The van der Waals surface area contributed by atoms with Crippen molar-refractivity contribution in [2.75, 3.05) is 38.5 Å². The molecule has 1 saturated heterocycles. The molecule has 0 spiro atoms. The predicted octanol–water partition coefficient (Wildman–Crippen LogP) is 3.50. The normalized spacial score (nSPS) is 19.4. The Hall–Kier alpha value is -0.670. The summed E-state index contributed by atoms with van der Waals surface area (Å²) < 4.78 is 18.1. The summed E-state index contributed by atoms with van der Waals surface area (Å²) in [4.78, 5) is 6.98. The zero-order valence-corrected chi connectivity index (χ0v) is 20.3. The second-order valence-corrected chi connectivity index (χ2v) is 9.88. The minimum Gasteiger partial charge on any atom is -0.370 e. The molecule has 1 aliphatic heterocycles. The smallest absolute Gasteiger partial charge is 0.194 e. The lowest BCUT2D eigenvalue weighted by molar-refractivity contribution is -0.00831. The zero-order chi connectivity index (χ0) is 19.2. The molecule has 154 valence electrons. The van der Waals surface area contributed by atoms with E-state index in [2.05, 4.69) is 48.3 Å². The fraction of sp³-hybridized carbons (Fsp3) is 0.650. The minimum absolute atomic E-state index is 0. The second kappa shape index (κ2) is 11.4. The van der Waals surface area contributed by atoms with Gasteiger partial charge in [0.25, 0.3) is 0 Å². The molecule has 1 N–H and O–H groups in total. The van der Waals surface area contributed by atoms with Gasteiger partial charge in [-0.25, -0.2) is 0 Å². The molecule has 27 heavy (non-hydrogen) atoms. The Labute approximate surface area is 183 Å². The van der Waals surface area contributed by atoms with Crippen LogP contribution in [0.5, 0.6) is 0 Å². The van der Waals surface area contributed by atoms with Gasteiger partial charge in [-0.1, -0.05) is 24.3 Å². The number of morpholine rings is 1. The third-order valence-electron chi connectivity index (χ3n) is 4.46. The number of benzene rings is 1. The number of aliphatic imine (C=N–C) groups is 1. The molecule has 0 aromatic heterocycles. The first-order valence-electron chi connectivity index (χ1n) is 9.41. The van der Waals surface area contributed by atoms with Crippen molar-refractivity contribution in [3.05, 3.63) is 35.4 Å². The Kier molecular flexibility index (Phi) is 10.3. The number of hydrogen-bond acceptors (Lipinski definition) is 3. The van der Waals surface area contributed by atoms with Gasteiger partial charge in [-0.15, -0.1) is 24.0 Å². The first kappa shape index (κ1) is 24.4. The molecular formula is C20H34IN3O2S. The van der Waals surface area contributed by atoms with Crippen LogP contribution in [0.25, 0.3) is 0 Å². The van der Waals surface area contributed by atoms with Crippen molar-refractivity contribution < 1.29 is 8.95 Å². The molecule has 1 aliphatic rings. The molecule has 0 amide bonds. The monoisotopic (exact) mass is 507 g/mol. The van der Waals surface area contributed by atoms with Crippen LogP contribution in [0.2, 0.25) is 0 Å². The summed E-state index contributed by atoms with van der Waals surface area (Å²) in [5.41, 5.74) is 2.49. The maximum Gasteiger partial charge on any atom is 0.194 e. The zero-order valence-electron chi connectivity index (χ0n) is 17.2. The number of guanidine groups is 1. The van der Waals surface area contributed by atoms with E-state index in [9.17, 15) is 4.21 Å². The van der Waals surface area contributed by atoms with Gasteiger partial charge < -0.3 is 15.0 Å². The van der Waals surface area contributed by atoms with E-state index in [4.69, 9.17) is 9.73 Å². The summed E-state index contributed by atoms with van der Waals surface area (Å²) in [6, 6.07) is 8.38. The molecule has 2 rings (SSSR count). The summed E-state index contributed by atoms with van der Waals surface area (Å²) in [6.45, 7) is 13.9. The first-order valence-corrected chi connectivity index (χ1v) is 10.7. The van der Waals surface area contributed by atoms with E-state index in [0.29, 0.717) is 18.9 Å². The van der Waals surface area contributed by atoms with Gasteiger partial charge in [0.05, 0.1) is 19.7 Å². The molecule has 1 aromatic carbocycles. The number of rotatable bonds is 5. The van der Waals surface area contributed by atoms with Crippen LogP contribution in [-0.4, -0.2) is 58.4 Å². The molecular weight excluding hydrogens is 473 g/mol. The summed E-state index contributed by atoms with van der Waals surface area (Å²) in [6.07, 6.45) is 0.0533. The van der Waals surface area contributed by atoms with Crippen molar-refractivity contribution in [2.24, 2.45) is 4.99 Å². The maximum atomic E-state index is 12.2. The summed E-state index contributed by atoms with van der Waals surface area (Å²) >= 11 is 0. The van der Waals surface area contributed by atoms with Crippen LogP contribution in [0, 0.1) is 6.92 Å². The van der Waals surface area contributed by atoms with Crippen LogP contribution >= 0.6 is 24.0 Å². The highest BCUT2D eigenvalue weighted by Gasteiger charge is 2.25. The number of aryl methyl sites for hydroxylation is 1. The van der Waals surface area contributed by atoms with E-state index in [-0.39, 0.29) is 34.8 Å². The van der Waals surface area contributed by atoms with E-state index in [1.165, 1.54) is 11.1 Å². The average Bonchev–Trinajstić information content (AvgIpc) is 2.60. The molecule has 0 aliphatic carbocycles. The standard InChI is InChI=1S/C20H33N3O2S.HI/c1-6-21-19(22-11-14-26(24)20(3,4)5)23-12-13-25-18(15-23)17-10-8-7-9-16(17)2;/h7-10,18H,6,11-15H2,1-5H3,(H,21,22);1H. The van der Waals surface area contributed by atoms with Crippen LogP contribution in [0.4, 0.5) is 0 Å². The Morgan fingerprint density at radius 1 is 1.37 bits per heavy atom. The highest BCUT2D eigenvalue weighted by Crippen LogP contribution is 2.25. The second-order valence-electron chi connectivity index (χ2n) is 7.56. The van der Waals surface area contributed by atoms with Crippen LogP contribution in [-0.2, 0) is 15.5 Å². The quantitative estimate of drug-likeness (QED) is 0.377. The van der Waals surface area contributed by atoms with Gasteiger partial charge >= 0.3 is 0 Å². The molecule has 7 heteroatoms. The molecule has 0 bridgehead atoms. The highest BCUT2D eigenvalue weighted by molar-refractivity contribution is 14.0. The molecule has 0 saturated carbocycles. The lowest BCUT2D eigenvalue weighted by Crippen LogP contribution is -2.48. The number of ether oxygens (including phenoxy) is 1. The molecule has 5 nitrogen and oxygen atoms in total. The Morgan fingerprint density at radius 2 is 2.07 bits per heavy atom. The van der Waals surface area contributed by atoms with E-state index >= 15 is 0 Å². The summed E-state index contributed by atoms with van der Waals surface area (Å²) in [5, 5.41) is 3.37. The third kappa shape index (κ3) is 7.34. The lowest BCUT2D eigenvalue weighted by Gasteiger charge is -2.35. The van der Waals surface area contributed by atoms with Crippen molar-refractivity contribution >= 4 is 40.7 Å². The van der Waals surface area contributed by atoms with Gasteiger partial charge in [-0.2, -0.15) is 0 Å². The van der Waals surface area contributed by atoms with Gasteiger partial charge in [0.15, 0.2) is 5.96 Å². The van der Waals surface area contributed by atoms with Crippen LogP contribution in [0.15, 0.2) is 29.3 Å². The SMILES string of the molecule is CCNC(=NCCS(=O)C(C)(C)C)N1CCOC(c2ccccc2C)C1.I. The topological polar surface area (TPSA) is 53.9 Å². The van der Waals surface area contributed by atoms with E-state index in [1.54, 1.807) is 0 Å². The molecule has 1 heterocycles. The number of hydrogen-bond donors (Lipinski definition) is 1. The fourth-order valence-corrected chi connectivity index (χ4v) is 3.81. The van der Waals surface area contributed by atoms with Crippen molar-refractivity contribution in [2.45, 2.75) is 45.5 Å². The Balaban J connectivity index is 0.00000364. The lowest BCUT2D eigenvalue weighted by atomic mass is 10.0. The van der Waals surface area contributed by atoms with E-state index < -0.39 is 10.8 Å². The van der Waals surface area contributed by atoms with Crippen LogP contribution in [0.1, 0.15) is 44.9 Å². The van der Waals surface area contributed by atoms with Gasteiger partial charge in [-0.3, -0.25) is 9.20 Å². The largest absolute Gasteiger partial charge is 0.370 e. The van der Waals surface area contributed by atoms with Crippen LogP contribution in [0.3, 0.4) is 0 Å². The fourth-order valence-electron chi connectivity index (χ4n) is 2.94. The molecule has 2 unspecified atom stereocenters. The molecule has 0 radical (unpaired) electrons. The van der Waals surface area contributed by atoms with Crippen molar-refractivity contribution in [1.29, 1.82) is 0 Å². The number of halogens is 1. The van der Waals surface area contributed by atoms with Crippen LogP contribution < -0.4 is 5.32 Å². The average molecular weight is 507 g/mol. The first-order chi connectivity index (χ1) is 12.3. The molecule has 1 fully saturated rings. The highest BCUT2D eigenvalue weighted by atomic mass is 127. The number of nitrogens with one attached hydrogen (secondary N) is 1. The molecule has 1 aromatic rings. The summed E-state index contributed by atoms with van der Waals surface area (Å²) in [5.74, 6) is 1.48. The summed E-state index contributed by atoms with van der Waals surface area (Å²) in [7, 11) is -0.880. The predicted molar refractivity (Wildman–Crippen MR) is 126 cm³/mol. The third-order valence-corrected chi connectivity index (χ3v) is 6.38. The van der Waals surface area contributed by atoms with E-state index in [0.717, 1.165) is 25.6 Å². The van der Waals surface area contributed by atoms with Gasteiger partial charge in [0, 0.05) is 34.4 Å². The van der Waals surface area contributed by atoms with Gasteiger partial charge in [0.1, 0.15) is 6.10 Å². The molecule has 2 atom stereocenters. The van der Waals surface area contributed by atoms with Crippen molar-refractivity contribution in [3.8, 4) is 0 Å². The Morgan fingerprint density at radius 3 is 2.70 bits per heavy atom. The van der Waals surface area contributed by atoms with E-state index in [1.807, 2.05) is 20.8 Å². The van der Waals surface area contributed by atoms with Gasteiger partial charge in [0.2, 0.25) is 0 Å². The van der Waals surface area contributed by atoms with Crippen molar-refractivity contribution in [1.82, 2.24) is 10.2 Å². The maximum absolute atomic E-state index is 12.2. The van der Waals surface area contributed by atoms with Gasteiger partial charge in [-0.05, 0) is 45.7 Å². The number of nitrogens with zero attached hydrogens (tertiary/aromatic N) is 2. The Bertz CT molecular complexity index is 646. The minimum atomic E-state index is -0.880.